The minimum atomic E-state index is -3.40. The van der Waals surface area contributed by atoms with Crippen molar-refractivity contribution in [3.8, 4) is 0 Å². The number of nitrogens with zero attached hydrogens (tertiary/aromatic N) is 3. The molecule has 0 fully saturated rings. The predicted octanol–water partition coefficient (Wildman–Crippen LogP) is 3.95. The van der Waals surface area contributed by atoms with Gasteiger partial charge in [-0.25, -0.2) is 13.4 Å². The highest BCUT2D eigenvalue weighted by Crippen LogP contribution is 2.33. The first-order valence-corrected chi connectivity index (χ1v) is 11.9. The summed E-state index contributed by atoms with van der Waals surface area (Å²) in [6.45, 7) is 5.15. The number of carbonyl (C=O) groups excluding carboxylic acids is 1. The van der Waals surface area contributed by atoms with Crippen LogP contribution in [0.25, 0.3) is 10.2 Å². The van der Waals surface area contributed by atoms with Gasteiger partial charge in [0.2, 0.25) is 0 Å². The maximum absolute atomic E-state index is 13.4. The van der Waals surface area contributed by atoms with E-state index in [-0.39, 0.29) is 23.2 Å². The van der Waals surface area contributed by atoms with E-state index in [2.05, 4.69) is 6.07 Å². The van der Waals surface area contributed by atoms with Gasteiger partial charge in [-0.3, -0.25) is 9.69 Å². The first kappa shape index (κ1) is 24.3. The number of likely N-dealkylation sites (N-methyl/N-ethyl adjacent to an activating group) is 1. The lowest BCUT2D eigenvalue weighted by molar-refractivity contribution is 0.0985. The highest BCUT2D eigenvalue weighted by molar-refractivity contribution is 7.90. The Bertz CT molecular complexity index is 1130. The maximum atomic E-state index is 13.4. The molecule has 30 heavy (non-hydrogen) atoms. The highest BCUT2D eigenvalue weighted by Gasteiger charge is 2.23. The Kier molecular flexibility index (Phi) is 7.63. The number of anilines is 1. The van der Waals surface area contributed by atoms with Crippen molar-refractivity contribution in [3.05, 3.63) is 53.1 Å². The average Bonchev–Trinajstić information content (AvgIpc) is 3.10. The summed E-state index contributed by atoms with van der Waals surface area (Å²) in [5, 5.41) is 0.619. The average molecular weight is 468 g/mol. The zero-order valence-corrected chi connectivity index (χ0v) is 20.1. The van der Waals surface area contributed by atoms with E-state index in [9.17, 15) is 13.2 Å². The van der Waals surface area contributed by atoms with Crippen molar-refractivity contribution < 1.29 is 13.2 Å². The lowest BCUT2D eigenvalue weighted by Gasteiger charge is -2.22. The van der Waals surface area contributed by atoms with E-state index in [4.69, 9.17) is 4.98 Å². The Balaban J connectivity index is 0.00000320. The molecule has 162 valence electrons. The fraction of sp³-hybridized carbons (Fsp3) is 0.333. The second kappa shape index (κ2) is 9.43. The van der Waals surface area contributed by atoms with Gasteiger partial charge in [-0.05, 0) is 57.3 Å². The minimum absolute atomic E-state index is 0. The van der Waals surface area contributed by atoms with Gasteiger partial charge in [0.15, 0.2) is 15.0 Å². The molecule has 0 saturated carbocycles. The number of rotatable bonds is 6. The molecule has 0 spiro atoms. The quantitative estimate of drug-likeness (QED) is 0.549. The summed E-state index contributed by atoms with van der Waals surface area (Å²) in [6.07, 6.45) is 1.14. The summed E-state index contributed by atoms with van der Waals surface area (Å²) < 4.78 is 24.9. The van der Waals surface area contributed by atoms with Crippen LogP contribution in [0.15, 0.2) is 41.3 Å². The molecule has 1 heterocycles. The molecule has 0 aliphatic heterocycles. The number of sulfone groups is 1. The molecule has 0 N–H and O–H groups in total. The smallest absolute Gasteiger partial charge is 0.260 e. The molecule has 0 radical (unpaired) electrons. The van der Waals surface area contributed by atoms with Crippen LogP contribution in [-0.4, -0.2) is 57.6 Å². The van der Waals surface area contributed by atoms with Gasteiger partial charge >= 0.3 is 0 Å². The number of carbonyl (C=O) groups is 1. The normalized spacial score (nSPS) is 11.5. The zero-order valence-electron chi connectivity index (χ0n) is 17.7. The summed E-state index contributed by atoms with van der Waals surface area (Å²) in [6, 6.07) is 10.3. The molecule has 0 unspecified atom stereocenters. The van der Waals surface area contributed by atoms with E-state index in [1.807, 2.05) is 38.9 Å². The molecule has 0 aliphatic rings. The molecule has 0 aliphatic carbocycles. The number of fused-ring (bicyclic) bond motifs is 1. The maximum Gasteiger partial charge on any atom is 0.260 e. The van der Waals surface area contributed by atoms with Crippen LogP contribution in [0.3, 0.4) is 0 Å². The van der Waals surface area contributed by atoms with Crippen LogP contribution in [0.1, 0.15) is 21.5 Å². The van der Waals surface area contributed by atoms with Crippen LogP contribution < -0.4 is 4.90 Å². The van der Waals surface area contributed by atoms with Crippen LogP contribution >= 0.6 is 23.7 Å². The van der Waals surface area contributed by atoms with Gasteiger partial charge < -0.3 is 4.90 Å². The second-order valence-electron chi connectivity index (χ2n) is 7.43. The summed E-state index contributed by atoms with van der Waals surface area (Å²) >= 11 is 1.49. The van der Waals surface area contributed by atoms with Crippen molar-refractivity contribution in [1.82, 2.24) is 9.88 Å². The Morgan fingerprint density at radius 3 is 2.33 bits per heavy atom. The molecule has 0 saturated heterocycles. The topological polar surface area (TPSA) is 70.6 Å². The fourth-order valence-corrected chi connectivity index (χ4v) is 4.77. The van der Waals surface area contributed by atoms with Crippen molar-refractivity contribution in [2.24, 2.45) is 0 Å². The number of aromatic nitrogens is 1. The van der Waals surface area contributed by atoms with E-state index in [0.717, 1.165) is 27.6 Å². The van der Waals surface area contributed by atoms with Gasteiger partial charge in [0.05, 0.1) is 15.1 Å². The second-order valence-corrected chi connectivity index (χ2v) is 10.4. The van der Waals surface area contributed by atoms with Crippen molar-refractivity contribution in [3.63, 3.8) is 0 Å². The number of benzene rings is 2. The molecule has 6 nitrogen and oxygen atoms in total. The number of hydrogen-bond donors (Lipinski definition) is 0. The Morgan fingerprint density at radius 1 is 1.07 bits per heavy atom. The first-order valence-electron chi connectivity index (χ1n) is 9.21. The number of halogens is 1. The van der Waals surface area contributed by atoms with Crippen LogP contribution in [-0.2, 0) is 9.84 Å². The van der Waals surface area contributed by atoms with Gasteiger partial charge in [0.1, 0.15) is 0 Å². The van der Waals surface area contributed by atoms with Crippen molar-refractivity contribution in [2.75, 3.05) is 38.3 Å². The summed E-state index contributed by atoms with van der Waals surface area (Å²) in [4.78, 5) is 21.9. The van der Waals surface area contributed by atoms with Gasteiger partial charge in [-0.2, -0.15) is 0 Å². The van der Waals surface area contributed by atoms with Crippen LogP contribution in [0.5, 0.6) is 0 Å². The third-order valence-corrected chi connectivity index (χ3v) is 7.01. The van der Waals surface area contributed by atoms with E-state index < -0.39 is 9.84 Å². The third-order valence-electron chi connectivity index (χ3n) is 4.69. The molecule has 1 amide bonds. The zero-order chi connectivity index (χ0) is 21.3. The SMILES string of the molecule is Cc1ccc(C)c2sc(N(CCN(C)C)C(=O)c3cccc(S(C)(=O)=O)c3)nc12.Cl. The number of aryl methyl sites for hydroxylation is 2. The molecule has 2 aromatic carbocycles. The molecule has 3 rings (SSSR count). The number of thiazole rings is 1. The predicted molar refractivity (Wildman–Crippen MR) is 126 cm³/mol. The van der Waals surface area contributed by atoms with E-state index >= 15 is 0 Å². The summed E-state index contributed by atoms with van der Waals surface area (Å²) in [5.74, 6) is -0.258. The number of amides is 1. The lowest BCUT2D eigenvalue weighted by atomic mass is 10.1. The lowest BCUT2D eigenvalue weighted by Crippen LogP contribution is -2.36. The van der Waals surface area contributed by atoms with E-state index in [1.165, 1.54) is 23.5 Å². The van der Waals surface area contributed by atoms with Crippen LogP contribution in [0.4, 0.5) is 5.13 Å². The summed E-state index contributed by atoms with van der Waals surface area (Å²) in [5.41, 5.74) is 3.41. The van der Waals surface area contributed by atoms with Crippen molar-refractivity contribution >= 4 is 54.8 Å². The van der Waals surface area contributed by atoms with Gasteiger partial charge in [0, 0.05) is 24.9 Å². The van der Waals surface area contributed by atoms with E-state index in [0.29, 0.717) is 23.8 Å². The monoisotopic (exact) mass is 467 g/mol. The van der Waals surface area contributed by atoms with Gasteiger partial charge in [0.25, 0.3) is 5.91 Å². The van der Waals surface area contributed by atoms with Gasteiger partial charge in [-0.1, -0.05) is 29.5 Å². The van der Waals surface area contributed by atoms with Crippen LogP contribution in [0.2, 0.25) is 0 Å². The Hall–Kier alpha value is -2.00. The summed E-state index contributed by atoms with van der Waals surface area (Å²) in [7, 11) is 0.489. The number of hydrogen-bond acceptors (Lipinski definition) is 6. The minimum Gasteiger partial charge on any atom is -0.308 e. The molecule has 9 heteroatoms. The van der Waals surface area contributed by atoms with Crippen molar-refractivity contribution in [1.29, 1.82) is 0 Å². The Morgan fingerprint density at radius 2 is 1.73 bits per heavy atom. The molecular weight excluding hydrogens is 442 g/mol. The molecular formula is C21H26ClN3O3S2. The molecule has 1 aromatic heterocycles. The molecule has 0 bridgehead atoms. The first-order chi connectivity index (χ1) is 13.6. The van der Waals surface area contributed by atoms with E-state index in [1.54, 1.807) is 17.0 Å². The Labute approximate surface area is 187 Å². The fourth-order valence-electron chi connectivity index (χ4n) is 2.96. The molecule has 3 aromatic rings. The molecule has 0 atom stereocenters. The van der Waals surface area contributed by atoms with Gasteiger partial charge in [-0.15, -0.1) is 12.4 Å². The largest absolute Gasteiger partial charge is 0.308 e. The third kappa shape index (κ3) is 5.18. The van der Waals surface area contributed by atoms with Crippen molar-refractivity contribution in [2.45, 2.75) is 18.7 Å². The van der Waals surface area contributed by atoms with Crippen LogP contribution in [0, 0.1) is 13.8 Å². The highest BCUT2D eigenvalue weighted by atomic mass is 35.5. The standard InChI is InChI=1S/C21H25N3O3S2.ClH/c1-14-9-10-15(2)19-18(14)22-21(28-19)24(12-11-23(3)4)20(25)16-7-6-8-17(13-16)29(5,26)27;/h6-10,13H,11-12H2,1-5H3;1H.